The fraction of sp³-hybridized carbons (Fsp3) is 0.143. The summed E-state index contributed by atoms with van der Waals surface area (Å²) in [6.45, 7) is 0.0335. The zero-order valence-corrected chi connectivity index (χ0v) is 12.3. The van der Waals surface area contributed by atoms with E-state index in [0.717, 1.165) is 25.6 Å². The van der Waals surface area contributed by atoms with Gasteiger partial charge < -0.3 is 9.84 Å². The van der Waals surface area contributed by atoms with E-state index in [4.69, 9.17) is 4.74 Å². The van der Waals surface area contributed by atoms with E-state index in [-0.39, 0.29) is 6.61 Å². The fourth-order valence-electron chi connectivity index (χ4n) is 1.56. The summed E-state index contributed by atoms with van der Waals surface area (Å²) in [7, 11) is 1.66. The topological polar surface area (TPSA) is 29.5 Å². The van der Waals surface area contributed by atoms with Gasteiger partial charge in [0.25, 0.3) is 0 Å². The summed E-state index contributed by atoms with van der Waals surface area (Å²) >= 11 is 5.02. The Bertz CT molecular complexity index is 543. The molecule has 0 atom stereocenters. The van der Waals surface area contributed by atoms with Crippen LogP contribution in [0.25, 0.3) is 0 Å². The third-order valence-electron chi connectivity index (χ3n) is 2.46. The molecule has 1 N–H and O–H groups in total. The van der Waals surface area contributed by atoms with Crippen molar-refractivity contribution in [1.29, 1.82) is 0 Å². The second-order valence-electron chi connectivity index (χ2n) is 3.69. The maximum atomic E-state index is 9.36. The van der Waals surface area contributed by atoms with Crippen LogP contribution in [-0.2, 0) is 6.61 Å². The molecule has 0 fully saturated rings. The van der Waals surface area contributed by atoms with Crippen molar-refractivity contribution >= 4 is 27.7 Å². The highest BCUT2D eigenvalue weighted by Crippen LogP contribution is 2.33. The van der Waals surface area contributed by atoms with Crippen molar-refractivity contribution in [2.24, 2.45) is 0 Å². The van der Waals surface area contributed by atoms with Gasteiger partial charge in [-0.15, -0.1) is 0 Å². The van der Waals surface area contributed by atoms with Gasteiger partial charge in [-0.2, -0.15) is 0 Å². The third kappa shape index (κ3) is 3.28. The Kier molecular flexibility index (Phi) is 4.69. The Morgan fingerprint density at radius 1 is 1.22 bits per heavy atom. The first-order chi connectivity index (χ1) is 8.72. The van der Waals surface area contributed by atoms with Crippen LogP contribution in [0, 0.1) is 0 Å². The lowest BCUT2D eigenvalue weighted by Crippen LogP contribution is -1.88. The van der Waals surface area contributed by atoms with Gasteiger partial charge in [0.05, 0.1) is 13.7 Å². The Labute approximate surface area is 119 Å². The molecule has 0 bridgehead atoms. The van der Waals surface area contributed by atoms with Crippen molar-refractivity contribution < 1.29 is 9.84 Å². The van der Waals surface area contributed by atoms with Crippen molar-refractivity contribution in [1.82, 2.24) is 0 Å². The molecule has 0 heterocycles. The SMILES string of the molecule is COc1cccc(Sc2ccc(Br)cc2CO)c1. The molecule has 2 aromatic rings. The van der Waals surface area contributed by atoms with Crippen LogP contribution in [0.5, 0.6) is 5.75 Å². The van der Waals surface area contributed by atoms with Crippen molar-refractivity contribution in [2.45, 2.75) is 16.4 Å². The summed E-state index contributed by atoms with van der Waals surface area (Å²) in [6.07, 6.45) is 0. The maximum Gasteiger partial charge on any atom is 0.119 e. The van der Waals surface area contributed by atoms with E-state index in [9.17, 15) is 5.11 Å². The monoisotopic (exact) mass is 324 g/mol. The van der Waals surface area contributed by atoms with Crippen molar-refractivity contribution in [3.8, 4) is 5.75 Å². The highest BCUT2D eigenvalue weighted by molar-refractivity contribution is 9.10. The van der Waals surface area contributed by atoms with Gasteiger partial charge in [0.1, 0.15) is 5.75 Å². The summed E-state index contributed by atoms with van der Waals surface area (Å²) in [5, 5.41) is 9.36. The van der Waals surface area contributed by atoms with E-state index < -0.39 is 0 Å². The molecule has 0 radical (unpaired) electrons. The minimum Gasteiger partial charge on any atom is -0.497 e. The number of aliphatic hydroxyl groups excluding tert-OH is 1. The Hall–Kier alpha value is -0.970. The van der Waals surface area contributed by atoms with Gasteiger partial charge in [-0.3, -0.25) is 0 Å². The summed E-state index contributed by atoms with van der Waals surface area (Å²) in [5.74, 6) is 0.836. The number of aliphatic hydroxyl groups is 1. The van der Waals surface area contributed by atoms with Crippen LogP contribution in [0.3, 0.4) is 0 Å². The van der Waals surface area contributed by atoms with Crippen LogP contribution in [0.1, 0.15) is 5.56 Å². The van der Waals surface area contributed by atoms with Crippen LogP contribution >= 0.6 is 27.7 Å². The average molecular weight is 325 g/mol. The molecule has 0 aliphatic carbocycles. The number of halogens is 1. The van der Waals surface area contributed by atoms with Crippen LogP contribution in [0.4, 0.5) is 0 Å². The lowest BCUT2D eigenvalue weighted by atomic mass is 10.2. The predicted molar refractivity (Wildman–Crippen MR) is 77.2 cm³/mol. The van der Waals surface area contributed by atoms with Gasteiger partial charge >= 0.3 is 0 Å². The average Bonchev–Trinajstić information content (AvgIpc) is 2.41. The Balaban J connectivity index is 2.27. The van der Waals surface area contributed by atoms with Gasteiger partial charge in [0.15, 0.2) is 0 Å². The lowest BCUT2D eigenvalue weighted by Gasteiger charge is -2.08. The number of rotatable bonds is 4. The Morgan fingerprint density at radius 3 is 2.78 bits per heavy atom. The molecule has 0 aliphatic rings. The first-order valence-corrected chi connectivity index (χ1v) is 7.05. The first kappa shape index (κ1) is 13.5. The summed E-state index contributed by atoms with van der Waals surface area (Å²) in [4.78, 5) is 2.14. The number of methoxy groups -OCH3 is 1. The molecule has 0 aliphatic heterocycles. The molecule has 2 nitrogen and oxygen atoms in total. The fourth-order valence-corrected chi connectivity index (χ4v) is 2.94. The normalized spacial score (nSPS) is 10.4. The summed E-state index contributed by atoms with van der Waals surface area (Å²) in [6, 6.07) is 13.8. The van der Waals surface area contributed by atoms with Crippen LogP contribution in [0.2, 0.25) is 0 Å². The molecule has 0 saturated heterocycles. The smallest absolute Gasteiger partial charge is 0.119 e. The predicted octanol–water partition coefficient (Wildman–Crippen LogP) is 4.10. The zero-order chi connectivity index (χ0) is 13.0. The largest absolute Gasteiger partial charge is 0.497 e. The van der Waals surface area contributed by atoms with E-state index in [0.29, 0.717) is 0 Å². The van der Waals surface area contributed by atoms with Crippen LogP contribution < -0.4 is 4.74 Å². The summed E-state index contributed by atoms with van der Waals surface area (Å²) in [5.41, 5.74) is 0.914. The molecule has 0 amide bonds. The van der Waals surface area contributed by atoms with Gasteiger partial charge in [-0.25, -0.2) is 0 Å². The lowest BCUT2D eigenvalue weighted by molar-refractivity contribution is 0.279. The third-order valence-corrected chi connectivity index (χ3v) is 4.06. The van der Waals surface area contributed by atoms with Gasteiger partial charge in [-0.1, -0.05) is 33.8 Å². The summed E-state index contributed by atoms with van der Waals surface area (Å²) < 4.78 is 6.17. The van der Waals surface area contributed by atoms with Gasteiger partial charge in [0, 0.05) is 14.3 Å². The van der Waals surface area contributed by atoms with Gasteiger partial charge in [0.2, 0.25) is 0 Å². The van der Waals surface area contributed by atoms with Crippen LogP contribution in [0.15, 0.2) is 56.7 Å². The molecule has 2 aromatic carbocycles. The number of hydrogen-bond donors (Lipinski definition) is 1. The van der Waals surface area contributed by atoms with Crippen molar-refractivity contribution in [2.75, 3.05) is 7.11 Å². The minimum atomic E-state index is 0.0335. The van der Waals surface area contributed by atoms with E-state index in [2.05, 4.69) is 15.9 Å². The van der Waals surface area contributed by atoms with Crippen molar-refractivity contribution in [3.63, 3.8) is 0 Å². The van der Waals surface area contributed by atoms with E-state index in [1.54, 1.807) is 18.9 Å². The molecule has 4 heteroatoms. The van der Waals surface area contributed by atoms with E-state index >= 15 is 0 Å². The first-order valence-electron chi connectivity index (χ1n) is 5.44. The van der Waals surface area contributed by atoms with Gasteiger partial charge in [-0.05, 0) is 42.0 Å². The molecule has 0 aromatic heterocycles. The molecular weight excluding hydrogens is 312 g/mol. The highest BCUT2D eigenvalue weighted by atomic mass is 79.9. The molecule has 0 saturated carbocycles. The molecule has 0 unspecified atom stereocenters. The molecule has 2 rings (SSSR count). The van der Waals surface area contributed by atoms with Crippen molar-refractivity contribution in [3.05, 3.63) is 52.5 Å². The quantitative estimate of drug-likeness (QED) is 0.918. The number of hydrogen-bond acceptors (Lipinski definition) is 3. The molecular formula is C14H13BrO2S. The van der Waals surface area contributed by atoms with E-state index in [1.807, 2.05) is 42.5 Å². The standard InChI is InChI=1S/C14H13BrO2S/c1-17-12-3-2-4-13(8-12)18-14-6-5-11(15)7-10(14)9-16/h2-8,16H,9H2,1H3. The minimum absolute atomic E-state index is 0.0335. The van der Waals surface area contributed by atoms with E-state index in [1.165, 1.54) is 0 Å². The zero-order valence-electron chi connectivity index (χ0n) is 9.89. The number of ether oxygens (including phenoxy) is 1. The number of benzene rings is 2. The molecule has 0 spiro atoms. The molecule has 94 valence electrons. The Morgan fingerprint density at radius 2 is 2.06 bits per heavy atom. The maximum absolute atomic E-state index is 9.36. The second kappa shape index (κ2) is 6.27. The highest BCUT2D eigenvalue weighted by Gasteiger charge is 2.05. The second-order valence-corrected chi connectivity index (χ2v) is 5.72. The molecule has 18 heavy (non-hydrogen) atoms. The van der Waals surface area contributed by atoms with Crippen LogP contribution in [-0.4, -0.2) is 12.2 Å².